The molecule has 0 bridgehead atoms. The number of aromatic nitrogens is 1. The Hall–Kier alpha value is -0.320. The maximum absolute atomic E-state index is 5.98. The number of hydrogen-bond acceptors (Lipinski definition) is 3. The Balaban J connectivity index is 2.10. The van der Waals surface area contributed by atoms with Gasteiger partial charge in [-0.1, -0.05) is 11.6 Å². The van der Waals surface area contributed by atoms with Gasteiger partial charge in [0.2, 0.25) is 0 Å². The maximum atomic E-state index is 5.98. The highest BCUT2D eigenvalue weighted by Crippen LogP contribution is 2.23. The van der Waals surface area contributed by atoms with Crippen molar-refractivity contribution < 1.29 is 0 Å². The highest BCUT2D eigenvalue weighted by Gasteiger charge is 2.17. The summed E-state index contributed by atoms with van der Waals surface area (Å²) in [6.45, 7) is 1.96. The molecule has 0 aromatic carbocycles. The molecule has 2 heterocycles. The predicted molar refractivity (Wildman–Crippen MR) is 57.2 cm³/mol. The second-order valence-corrected chi connectivity index (χ2v) is 4.31. The molecule has 1 saturated heterocycles. The maximum Gasteiger partial charge on any atom is 0.145 e. The summed E-state index contributed by atoms with van der Waals surface area (Å²) in [6.07, 6.45) is 1.74. The van der Waals surface area contributed by atoms with E-state index in [-0.39, 0.29) is 0 Å². The van der Waals surface area contributed by atoms with E-state index in [9.17, 15) is 0 Å². The highest BCUT2D eigenvalue weighted by molar-refractivity contribution is 9.10. The molecule has 2 rings (SSSR count). The Morgan fingerprint density at radius 2 is 2.38 bits per heavy atom. The Morgan fingerprint density at radius 3 is 2.92 bits per heavy atom. The minimum absolute atomic E-state index is 0.464. The molecule has 0 aliphatic carbocycles. The first-order chi connectivity index (χ1) is 6.25. The lowest BCUT2D eigenvalue weighted by Gasteiger charge is -2.28. The molecule has 70 valence electrons. The lowest BCUT2D eigenvalue weighted by molar-refractivity contribution is 0.471. The van der Waals surface area contributed by atoms with Gasteiger partial charge in [-0.05, 0) is 22.0 Å². The van der Waals surface area contributed by atoms with Gasteiger partial charge in [0.15, 0.2) is 0 Å². The van der Waals surface area contributed by atoms with Crippen LogP contribution in [0.5, 0.6) is 0 Å². The number of rotatable bonds is 2. The van der Waals surface area contributed by atoms with Gasteiger partial charge < -0.3 is 10.6 Å². The number of pyridine rings is 1. The molecule has 0 atom stereocenters. The topological polar surface area (TPSA) is 37.0 Å². The van der Waals surface area contributed by atoms with Crippen LogP contribution in [0.2, 0.25) is 5.02 Å². The van der Waals surface area contributed by atoms with Gasteiger partial charge >= 0.3 is 0 Å². The van der Waals surface area contributed by atoms with Crippen molar-refractivity contribution in [2.45, 2.75) is 6.04 Å². The zero-order valence-electron chi connectivity index (χ0n) is 6.85. The van der Waals surface area contributed by atoms with Crippen LogP contribution in [-0.4, -0.2) is 24.1 Å². The molecule has 3 nitrogen and oxygen atoms in total. The minimum Gasteiger partial charge on any atom is -0.364 e. The molecule has 0 spiro atoms. The average Bonchev–Trinajstić information content (AvgIpc) is 1.99. The molecule has 1 aromatic rings. The van der Waals surface area contributed by atoms with Crippen LogP contribution in [0, 0.1) is 0 Å². The molecule has 1 aliphatic heterocycles. The largest absolute Gasteiger partial charge is 0.364 e. The third-order valence-electron chi connectivity index (χ3n) is 1.93. The summed E-state index contributed by atoms with van der Waals surface area (Å²) in [5.74, 6) is 0.761. The lowest BCUT2D eigenvalue weighted by Crippen LogP contribution is -2.51. The van der Waals surface area contributed by atoms with Crippen molar-refractivity contribution in [3.8, 4) is 0 Å². The number of nitrogens with zero attached hydrogens (tertiary/aromatic N) is 1. The van der Waals surface area contributed by atoms with Gasteiger partial charge in [-0.2, -0.15) is 0 Å². The quantitative estimate of drug-likeness (QED) is 0.854. The zero-order valence-corrected chi connectivity index (χ0v) is 9.19. The second kappa shape index (κ2) is 3.82. The molecular formula is C8H9BrClN3. The fraction of sp³-hybridized carbons (Fsp3) is 0.375. The van der Waals surface area contributed by atoms with E-state index in [1.54, 1.807) is 6.20 Å². The number of hydrogen-bond donors (Lipinski definition) is 2. The predicted octanol–water partition coefficient (Wildman–Crippen LogP) is 1.88. The highest BCUT2D eigenvalue weighted by atomic mass is 79.9. The zero-order chi connectivity index (χ0) is 9.26. The fourth-order valence-corrected chi connectivity index (χ4v) is 1.79. The van der Waals surface area contributed by atoms with Gasteiger partial charge in [0.25, 0.3) is 0 Å². The molecule has 13 heavy (non-hydrogen) atoms. The molecule has 0 amide bonds. The van der Waals surface area contributed by atoms with Crippen LogP contribution in [-0.2, 0) is 0 Å². The summed E-state index contributed by atoms with van der Waals surface area (Å²) >= 11 is 9.29. The minimum atomic E-state index is 0.464. The van der Waals surface area contributed by atoms with Crippen LogP contribution in [0.3, 0.4) is 0 Å². The molecule has 1 aliphatic rings. The first-order valence-electron chi connectivity index (χ1n) is 4.04. The second-order valence-electron chi connectivity index (χ2n) is 2.98. The smallest absolute Gasteiger partial charge is 0.145 e. The van der Waals surface area contributed by atoms with Crippen LogP contribution in [0.15, 0.2) is 16.7 Å². The molecule has 5 heteroatoms. The van der Waals surface area contributed by atoms with E-state index in [0.717, 1.165) is 23.4 Å². The van der Waals surface area contributed by atoms with Crippen molar-refractivity contribution in [3.63, 3.8) is 0 Å². The summed E-state index contributed by atoms with van der Waals surface area (Å²) in [6, 6.07) is 2.30. The molecule has 1 aromatic heterocycles. The summed E-state index contributed by atoms with van der Waals surface area (Å²) in [4.78, 5) is 4.18. The fourth-order valence-electron chi connectivity index (χ4n) is 1.10. The monoisotopic (exact) mass is 261 g/mol. The van der Waals surface area contributed by atoms with Crippen molar-refractivity contribution in [1.82, 2.24) is 10.3 Å². The van der Waals surface area contributed by atoms with E-state index < -0.39 is 0 Å². The van der Waals surface area contributed by atoms with Crippen molar-refractivity contribution in [1.29, 1.82) is 0 Å². The van der Waals surface area contributed by atoms with E-state index in [0.29, 0.717) is 11.1 Å². The van der Waals surface area contributed by atoms with Crippen LogP contribution in [0.25, 0.3) is 0 Å². The van der Waals surface area contributed by atoms with Crippen molar-refractivity contribution >= 4 is 33.3 Å². The Kier molecular flexibility index (Phi) is 2.71. The van der Waals surface area contributed by atoms with Crippen molar-refractivity contribution in [3.05, 3.63) is 21.8 Å². The summed E-state index contributed by atoms with van der Waals surface area (Å²) in [7, 11) is 0. The van der Waals surface area contributed by atoms with E-state index in [1.165, 1.54) is 0 Å². The molecule has 0 unspecified atom stereocenters. The van der Waals surface area contributed by atoms with E-state index in [2.05, 4.69) is 31.5 Å². The summed E-state index contributed by atoms with van der Waals surface area (Å²) in [5, 5.41) is 7.07. The molecule has 0 radical (unpaired) electrons. The lowest BCUT2D eigenvalue weighted by atomic mass is 10.2. The molecular weight excluding hydrogens is 253 g/mol. The van der Waals surface area contributed by atoms with Gasteiger partial charge in [0, 0.05) is 23.8 Å². The van der Waals surface area contributed by atoms with Gasteiger partial charge in [-0.3, -0.25) is 0 Å². The third-order valence-corrected chi connectivity index (χ3v) is 2.65. The van der Waals surface area contributed by atoms with Gasteiger partial charge in [-0.15, -0.1) is 0 Å². The number of anilines is 1. The van der Waals surface area contributed by atoms with Gasteiger partial charge in [-0.25, -0.2) is 4.98 Å². The third kappa shape index (κ3) is 2.13. The standard InChI is InChI=1S/C8H9BrClN3/c9-5-1-7(10)8(12-2-5)13-6-3-11-4-6/h1-2,6,11H,3-4H2,(H,12,13). The number of halogens is 2. The van der Waals surface area contributed by atoms with Crippen LogP contribution in [0.4, 0.5) is 5.82 Å². The first-order valence-corrected chi connectivity index (χ1v) is 5.21. The van der Waals surface area contributed by atoms with Gasteiger partial charge in [0.1, 0.15) is 5.82 Å². The van der Waals surface area contributed by atoms with E-state index in [1.807, 2.05) is 6.07 Å². The first kappa shape index (κ1) is 9.24. The molecule has 2 N–H and O–H groups in total. The van der Waals surface area contributed by atoms with Crippen LogP contribution < -0.4 is 10.6 Å². The SMILES string of the molecule is Clc1cc(Br)cnc1NC1CNC1. The van der Waals surface area contributed by atoms with E-state index >= 15 is 0 Å². The Labute approximate surface area is 90.0 Å². The van der Waals surface area contributed by atoms with Crippen LogP contribution in [0.1, 0.15) is 0 Å². The molecule has 0 saturated carbocycles. The van der Waals surface area contributed by atoms with Gasteiger partial charge in [0.05, 0.1) is 11.1 Å². The summed E-state index contributed by atoms with van der Waals surface area (Å²) in [5.41, 5.74) is 0. The number of nitrogens with one attached hydrogen (secondary N) is 2. The van der Waals surface area contributed by atoms with Crippen LogP contribution >= 0.6 is 27.5 Å². The Bertz CT molecular complexity index is 314. The van der Waals surface area contributed by atoms with Crippen molar-refractivity contribution in [2.75, 3.05) is 18.4 Å². The normalized spacial score (nSPS) is 16.8. The average molecular weight is 263 g/mol. The Morgan fingerprint density at radius 1 is 1.62 bits per heavy atom. The van der Waals surface area contributed by atoms with Crippen molar-refractivity contribution in [2.24, 2.45) is 0 Å². The van der Waals surface area contributed by atoms with E-state index in [4.69, 9.17) is 11.6 Å². The summed E-state index contributed by atoms with van der Waals surface area (Å²) < 4.78 is 0.898. The molecule has 1 fully saturated rings.